The molecule has 4 aromatic rings. The monoisotopic (exact) mass is 466 g/mol. The molecule has 0 aliphatic heterocycles. The van der Waals surface area contributed by atoms with Crippen LogP contribution in [0.1, 0.15) is 25.3 Å². The molecular formula is C26H24Cl2N2O2. The number of aryl methyl sites for hydroxylation is 1. The minimum atomic E-state index is -0.0354. The van der Waals surface area contributed by atoms with E-state index in [4.69, 9.17) is 32.9 Å². The summed E-state index contributed by atoms with van der Waals surface area (Å²) in [6, 6.07) is 20.6. The van der Waals surface area contributed by atoms with E-state index in [2.05, 4.69) is 6.92 Å². The fourth-order valence-electron chi connectivity index (χ4n) is 3.67. The van der Waals surface area contributed by atoms with Gasteiger partial charge in [0, 0.05) is 22.2 Å². The zero-order chi connectivity index (χ0) is 22.5. The molecule has 0 amide bonds. The van der Waals surface area contributed by atoms with E-state index in [9.17, 15) is 4.79 Å². The molecule has 0 fully saturated rings. The number of aromatic nitrogens is 2. The lowest BCUT2D eigenvalue weighted by Gasteiger charge is -2.14. The van der Waals surface area contributed by atoms with Gasteiger partial charge in [-0.15, -0.1) is 0 Å². The number of unbranched alkanes of at least 4 members (excludes halogenated alkanes) is 1. The number of hydrogen-bond acceptors (Lipinski definition) is 3. The second kappa shape index (κ2) is 10.2. The number of benzene rings is 3. The van der Waals surface area contributed by atoms with Crippen LogP contribution in [0.3, 0.4) is 0 Å². The van der Waals surface area contributed by atoms with Crippen molar-refractivity contribution in [2.75, 3.05) is 6.61 Å². The number of rotatable bonds is 8. The molecule has 164 valence electrons. The van der Waals surface area contributed by atoms with Crippen LogP contribution in [0, 0.1) is 0 Å². The Bertz CT molecular complexity index is 1280. The topological polar surface area (TPSA) is 44.1 Å². The Hall–Kier alpha value is -2.82. The largest absolute Gasteiger partial charge is 0.494 e. The molecule has 0 N–H and O–H groups in total. The van der Waals surface area contributed by atoms with Crippen molar-refractivity contribution in [1.82, 2.24) is 9.55 Å². The molecule has 1 aromatic heterocycles. The van der Waals surface area contributed by atoms with Crippen LogP contribution in [0.2, 0.25) is 10.0 Å². The van der Waals surface area contributed by atoms with E-state index in [1.807, 2.05) is 66.7 Å². The van der Waals surface area contributed by atoms with Crippen molar-refractivity contribution in [2.45, 2.75) is 32.7 Å². The van der Waals surface area contributed by atoms with Gasteiger partial charge in [-0.25, -0.2) is 4.98 Å². The first-order valence-corrected chi connectivity index (χ1v) is 11.5. The number of halogens is 2. The van der Waals surface area contributed by atoms with Crippen LogP contribution >= 0.6 is 23.2 Å². The molecule has 0 radical (unpaired) electrons. The summed E-state index contributed by atoms with van der Waals surface area (Å²) >= 11 is 12.2. The van der Waals surface area contributed by atoms with E-state index in [-0.39, 0.29) is 5.56 Å². The second-order valence-corrected chi connectivity index (χ2v) is 8.42. The first-order chi connectivity index (χ1) is 15.6. The van der Waals surface area contributed by atoms with Crippen molar-refractivity contribution in [1.29, 1.82) is 0 Å². The summed E-state index contributed by atoms with van der Waals surface area (Å²) in [6.07, 6.45) is 2.46. The van der Waals surface area contributed by atoms with Gasteiger partial charge in [0.2, 0.25) is 0 Å². The fraction of sp³-hybridized carbons (Fsp3) is 0.231. The second-order valence-electron chi connectivity index (χ2n) is 7.58. The van der Waals surface area contributed by atoms with Crippen LogP contribution in [0.15, 0.2) is 71.5 Å². The molecule has 6 heteroatoms. The standard InChI is InChI=1S/C26H24Cl2N2O2/c1-2-18-17-21(13-14-23(18)28)32-16-6-5-15-30-25(19-9-11-20(27)12-10-19)29-24-8-4-3-7-22(24)26(30)31/h3-4,7-14,17H,2,5-6,15-16H2,1H3. The number of para-hydroxylation sites is 1. The van der Waals surface area contributed by atoms with Gasteiger partial charge in [0.1, 0.15) is 11.6 Å². The van der Waals surface area contributed by atoms with Gasteiger partial charge in [0.15, 0.2) is 0 Å². The van der Waals surface area contributed by atoms with E-state index in [0.717, 1.165) is 41.2 Å². The minimum Gasteiger partial charge on any atom is -0.494 e. The Morgan fingerprint density at radius 2 is 1.75 bits per heavy atom. The van der Waals surface area contributed by atoms with Crippen molar-refractivity contribution < 1.29 is 4.74 Å². The molecule has 0 aliphatic carbocycles. The highest BCUT2D eigenvalue weighted by Crippen LogP contribution is 2.23. The zero-order valence-electron chi connectivity index (χ0n) is 17.9. The number of hydrogen-bond donors (Lipinski definition) is 0. The predicted molar refractivity (Wildman–Crippen MR) is 132 cm³/mol. The maximum Gasteiger partial charge on any atom is 0.261 e. The Morgan fingerprint density at radius 3 is 2.53 bits per heavy atom. The lowest BCUT2D eigenvalue weighted by molar-refractivity contribution is 0.302. The quantitative estimate of drug-likeness (QED) is 0.268. The molecule has 0 aliphatic rings. The first-order valence-electron chi connectivity index (χ1n) is 10.7. The molecule has 1 heterocycles. The molecule has 0 unspecified atom stereocenters. The van der Waals surface area contributed by atoms with Gasteiger partial charge >= 0.3 is 0 Å². The maximum absolute atomic E-state index is 13.2. The van der Waals surface area contributed by atoms with Crippen molar-refractivity contribution in [3.8, 4) is 17.1 Å². The predicted octanol–water partition coefficient (Wildman–Crippen LogP) is 6.79. The van der Waals surface area contributed by atoms with Crippen molar-refractivity contribution in [2.24, 2.45) is 0 Å². The van der Waals surface area contributed by atoms with Gasteiger partial charge in [0.05, 0.1) is 17.5 Å². The molecule has 0 bridgehead atoms. The Morgan fingerprint density at radius 1 is 0.969 bits per heavy atom. The van der Waals surface area contributed by atoms with E-state index in [0.29, 0.717) is 34.9 Å². The number of fused-ring (bicyclic) bond motifs is 1. The maximum atomic E-state index is 13.2. The molecule has 4 nitrogen and oxygen atoms in total. The highest BCUT2D eigenvalue weighted by molar-refractivity contribution is 6.31. The summed E-state index contributed by atoms with van der Waals surface area (Å²) in [6.45, 7) is 3.19. The van der Waals surface area contributed by atoms with Crippen LogP contribution in [0.25, 0.3) is 22.3 Å². The fourth-order valence-corrected chi connectivity index (χ4v) is 4.05. The summed E-state index contributed by atoms with van der Waals surface area (Å²) in [5.74, 6) is 1.47. The SMILES string of the molecule is CCc1cc(OCCCCn2c(-c3ccc(Cl)cc3)nc3ccccc3c2=O)ccc1Cl. The molecular weight excluding hydrogens is 443 g/mol. The van der Waals surface area contributed by atoms with Crippen LogP contribution in [0.5, 0.6) is 5.75 Å². The van der Waals surface area contributed by atoms with Gasteiger partial charge in [0.25, 0.3) is 5.56 Å². The average molecular weight is 467 g/mol. The van der Waals surface area contributed by atoms with Crippen LogP contribution < -0.4 is 10.3 Å². The van der Waals surface area contributed by atoms with Gasteiger partial charge in [-0.2, -0.15) is 0 Å². The van der Waals surface area contributed by atoms with Gasteiger partial charge in [-0.05, 0) is 79.4 Å². The summed E-state index contributed by atoms with van der Waals surface area (Å²) in [7, 11) is 0. The van der Waals surface area contributed by atoms with E-state index in [1.54, 1.807) is 4.57 Å². The van der Waals surface area contributed by atoms with Crippen molar-refractivity contribution >= 4 is 34.1 Å². The smallest absolute Gasteiger partial charge is 0.261 e. The Balaban J connectivity index is 1.50. The summed E-state index contributed by atoms with van der Waals surface area (Å²) in [4.78, 5) is 18.0. The summed E-state index contributed by atoms with van der Waals surface area (Å²) in [5.41, 5.74) is 2.59. The van der Waals surface area contributed by atoms with E-state index >= 15 is 0 Å². The lowest BCUT2D eigenvalue weighted by Crippen LogP contribution is -2.24. The summed E-state index contributed by atoms with van der Waals surface area (Å²) in [5, 5.41) is 2.03. The number of ether oxygens (including phenoxy) is 1. The van der Waals surface area contributed by atoms with Crippen molar-refractivity contribution in [3.63, 3.8) is 0 Å². The number of nitrogens with zero attached hydrogens (tertiary/aromatic N) is 2. The van der Waals surface area contributed by atoms with Crippen molar-refractivity contribution in [3.05, 3.63) is 92.7 Å². The van der Waals surface area contributed by atoms with Crippen LogP contribution in [0.4, 0.5) is 0 Å². The normalized spacial score (nSPS) is 11.1. The molecule has 0 spiro atoms. The average Bonchev–Trinajstić information content (AvgIpc) is 2.81. The highest BCUT2D eigenvalue weighted by atomic mass is 35.5. The third kappa shape index (κ3) is 4.98. The molecule has 4 rings (SSSR count). The third-order valence-electron chi connectivity index (χ3n) is 5.41. The molecule has 0 saturated heterocycles. The molecule has 3 aromatic carbocycles. The van der Waals surface area contributed by atoms with Crippen LogP contribution in [-0.4, -0.2) is 16.2 Å². The summed E-state index contributed by atoms with van der Waals surface area (Å²) < 4.78 is 7.65. The Labute approximate surface area is 197 Å². The van der Waals surface area contributed by atoms with Crippen LogP contribution in [-0.2, 0) is 13.0 Å². The van der Waals surface area contributed by atoms with Gasteiger partial charge < -0.3 is 4.74 Å². The molecule has 32 heavy (non-hydrogen) atoms. The third-order valence-corrected chi connectivity index (χ3v) is 6.03. The van der Waals surface area contributed by atoms with Gasteiger partial charge in [-0.3, -0.25) is 9.36 Å². The van der Waals surface area contributed by atoms with E-state index in [1.165, 1.54) is 0 Å². The minimum absolute atomic E-state index is 0.0354. The van der Waals surface area contributed by atoms with Gasteiger partial charge in [-0.1, -0.05) is 42.3 Å². The van der Waals surface area contributed by atoms with E-state index < -0.39 is 0 Å². The molecule has 0 atom stereocenters. The first kappa shape index (κ1) is 22.4. The lowest BCUT2D eigenvalue weighted by atomic mass is 10.1. The molecule has 0 saturated carbocycles. The zero-order valence-corrected chi connectivity index (χ0v) is 19.4. The Kier molecular flexibility index (Phi) is 7.13. The highest BCUT2D eigenvalue weighted by Gasteiger charge is 2.12.